The van der Waals surface area contributed by atoms with Crippen LogP contribution < -0.4 is 0 Å². The van der Waals surface area contributed by atoms with E-state index in [0.29, 0.717) is 38.5 Å². The number of methoxy groups -OCH3 is 2. The second-order valence-electron chi connectivity index (χ2n) is 19.5. The molecule has 3 N–H and O–H groups in total. The zero-order valence-electron chi connectivity index (χ0n) is 35.7. The monoisotopic (exact) mass is 811 g/mol. The topological polar surface area (TPSA) is 194 Å². The fourth-order valence-corrected chi connectivity index (χ4v) is 14.0. The molecule has 0 heterocycles. The third-order valence-corrected chi connectivity index (χ3v) is 16.9. The summed E-state index contributed by atoms with van der Waals surface area (Å²) in [5, 5.41) is 32.7. The molecule has 0 aliphatic heterocycles. The van der Waals surface area contributed by atoms with Gasteiger partial charge in [-0.05, 0) is 99.7 Å². The van der Waals surface area contributed by atoms with Gasteiger partial charge in [-0.2, -0.15) is 0 Å². The Bertz CT molecular complexity index is 1770. The fourth-order valence-electron chi connectivity index (χ4n) is 14.0. The molecular weight excluding hydrogens is 746 g/mol. The molecule has 0 radical (unpaired) electrons. The van der Waals surface area contributed by atoms with Crippen molar-refractivity contribution in [2.24, 2.45) is 69.0 Å². The first-order valence-corrected chi connectivity index (χ1v) is 21.3. The van der Waals surface area contributed by atoms with Gasteiger partial charge in [0.2, 0.25) is 5.91 Å². The van der Waals surface area contributed by atoms with Gasteiger partial charge < -0.3 is 34.4 Å². The zero-order chi connectivity index (χ0) is 42.9. The minimum atomic E-state index is -1.62. The molecule has 0 spiro atoms. The third-order valence-electron chi connectivity index (χ3n) is 16.9. The molecule has 1 amide bonds. The van der Waals surface area contributed by atoms with Crippen LogP contribution in [0.4, 0.5) is 0 Å². The molecule has 58 heavy (non-hydrogen) atoms. The standard InChI is InChI=1S/C45H65NO12/c1-23-25(21-30(48)46(7)19-20-47)11-13-28-32(23)35(51)37(53)39-43(28,4)18-15-29(45(39,6)41(55)57-9)58-31(49)22-26-12-14-27-33(24(26)2)34(50)36(52)38-42(27,3)16-10-17-44(38,5)40(54)56-8/h21-24,27-29,32-35,38-39,47,50-51H,10-20H2,1-9H3/t23-,24-,27-,28-,29-,32-,33-,34+,35+,38+,39+,42+,43+,44-,45-/m0/s1. The quantitative estimate of drug-likeness (QED) is 0.191. The summed E-state index contributed by atoms with van der Waals surface area (Å²) in [7, 11) is 4.17. The van der Waals surface area contributed by atoms with Crippen molar-refractivity contribution in [1.82, 2.24) is 4.90 Å². The highest BCUT2D eigenvalue weighted by Crippen LogP contribution is 2.66. The Morgan fingerprint density at radius 3 is 1.81 bits per heavy atom. The minimum Gasteiger partial charge on any atom is -0.469 e. The van der Waals surface area contributed by atoms with Crippen molar-refractivity contribution < 1.29 is 58.3 Å². The van der Waals surface area contributed by atoms with Crippen LogP contribution in [0.5, 0.6) is 0 Å². The number of likely N-dealkylation sites (N-methyl/N-ethyl adjacent to an activating group) is 1. The van der Waals surface area contributed by atoms with Crippen molar-refractivity contribution in [3.05, 3.63) is 23.3 Å². The molecule has 0 aromatic heterocycles. The summed E-state index contributed by atoms with van der Waals surface area (Å²) >= 11 is 0. The first-order chi connectivity index (χ1) is 27.2. The number of nitrogens with zero attached hydrogens (tertiary/aromatic N) is 1. The number of hydrogen-bond acceptors (Lipinski definition) is 12. The molecular formula is C45H65NO12. The number of amides is 1. The van der Waals surface area contributed by atoms with Crippen LogP contribution in [0.25, 0.3) is 0 Å². The predicted molar refractivity (Wildman–Crippen MR) is 210 cm³/mol. The number of ketones is 2. The van der Waals surface area contributed by atoms with Gasteiger partial charge in [-0.15, -0.1) is 0 Å². The number of fused-ring (bicyclic) bond motifs is 6. The number of rotatable bonds is 7. The Morgan fingerprint density at radius 2 is 1.28 bits per heavy atom. The molecule has 6 fully saturated rings. The van der Waals surface area contributed by atoms with Crippen LogP contribution in [0.2, 0.25) is 0 Å². The Hall–Kier alpha value is -3.42. The lowest BCUT2D eigenvalue weighted by atomic mass is 9.41. The fraction of sp³-hybridized carbons (Fsp3) is 0.778. The molecule has 13 heteroatoms. The van der Waals surface area contributed by atoms with E-state index in [0.717, 1.165) is 24.0 Å². The smallest absolute Gasteiger partial charge is 0.331 e. The van der Waals surface area contributed by atoms with E-state index in [1.165, 1.54) is 25.2 Å². The van der Waals surface area contributed by atoms with Crippen molar-refractivity contribution in [2.45, 2.75) is 118 Å². The highest BCUT2D eigenvalue weighted by molar-refractivity contribution is 5.95. The first kappa shape index (κ1) is 44.1. The lowest BCUT2D eigenvalue weighted by molar-refractivity contribution is -0.214. The van der Waals surface area contributed by atoms with Crippen molar-refractivity contribution in [2.75, 3.05) is 34.4 Å². The van der Waals surface area contributed by atoms with Gasteiger partial charge in [0.15, 0.2) is 11.6 Å². The van der Waals surface area contributed by atoms with Crippen LogP contribution in [0.3, 0.4) is 0 Å². The number of aliphatic hydroxyl groups is 3. The first-order valence-electron chi connectivity index (χ1n) is 21.3. The zero-order valence-corrected chi connectivity index (χ0v) is 35.7. The van der Waals surface area contributed by atoms with Gasteiger partial charge in [-0.1, -0.05) is 45.3 Å². The van der Waals surface area contributed by atoms with Crippen LogP contribution in [-0.4, -0.2) is 108 Å². The molecule has 15 atom stereocenters. The van der Waals surface area contributed by atoms with Gasteiger partial charge in [0.05, 0.1) is 26.2 Å². The Kier molecular flexibility index (Phi) is 12.1. The van der Waals surface area contributed by atoms with Crippen LogP contribution in [0.1, 0.15) is 99.3 Å². The largest absolute Gasteiger partial charge is 0.469 e. The molecule has 6 saturated carbocycles. The van der Waals surface area contributed by atoms with Gasteiger partial charge in [-0.25, -0.2) is 4.79 Å². The van der Waals surface area contributed by atoms with E-state index < -0.39 is 87.3 Å². The minimum absolute atomic E-state index is 0.0778. The predicted octanol–water partition coefficient (Wildman–Crippen LogP) is 3.99. The molecule has 0 aromatic carbocycles. The van der Waals surface area contributed by atoms with E-state index in [1.54, 1.807) is 27.0 Å². The number of hydrogen-bond donors (Lipinski definition) is 3. The molecule has 6 aliphatic carbocycles. The SMILES string of the molecule is COC(=O)[C@@]1(C)[C@@H](OC(=O)C=C2CC[C@H]3[C@H]([C@H]2C)[C@@H](O)C(=O)[C@@H]2[C@]3(C)CCC[C@]2(C)C(=O)OC)CC[C@@]2(C)[C@H]1C(=O)[C@H](O)[C@H]1[C@@H](C)C(=CC(=O)N(C)CCO)CC[C@@H]12. The summed E-state index contributed by atoms with van der Waals surface area (Å²) in [6.07, 6.45) is 4.15. The molecule has 0 aromatic rings. The second kappa shape index (κ2) is 15.9. The maximum Gasteiger partial charge on any atom is 0.331 e. The Labute approximate surface area is 342 Å². The summed E-state index contributed by atoms with van der Waals surface area (Å²) in [5.74, 6) is -6.54. The highest BCUT2D eigenvalue weighted by Gasteiger charge is 2.70. The highest BCUT2D eigenvalue weighted by atomic mass is 16.6. The number of aliphatic hydroxyl groups excluding tert-OH is 3. The van der Waals surface area contributed by atoms with Gasteiger partial charge >= 0.3 is 17.9 Å². The lowest BCUT2D eigenvalue weighted by Gasteiger charge is -2.62. The number of allylic oxidation sites excluding steroid dienone is 2. The second-order valence-corrected chi connectivity index (χ2v) is 19.5. The normalized spacial score (nSPS) is 44.9. The lowest BCUT2D eigenvalue weighted by Crippen LogP contribution is -2.68. The van der Waals surface area contributed by atoms with Crippen LogP contribution in [0, 0.1) is 69.0 Å². The summed E-state index contributed by atoms with van der Waals surface area (Å²) in [4.78, 5) is 83.9. The average molecular weight is 812 g/mol. The van der Waals surface area contributed by atoms with Crippen molar-refractivity contribution in [1.29, 1.82) is 0 Å². The molecule has 0 saturated heterocycles. The number of carbonyl (C=O) groups excluding carboxylic acids is 6. The molecule has 0 unspecified atom stereocenters. The maximum absolute atomic E-state index is 14.5. The van der Waals surface area contributed by atoms with Crippen molar-refractivity contribution in [3.63, 3.8) is 0 Å². The van der Waals surface area contributed by atoms with Crippen LogP contribution >= 0.6 is 0 Å². The van der Waals surface area contributed by atoms with E-state index in [-0.39, 0.29) is 54.9 Å². The van der Waals surface area contributed by atoms with E-state index in [4.69, 9.17) is 14.2 Å². The van der Waals surface area contributed by atoms with E-state index in [9.17, 15) is 44.1 Å². The number of esters is 3. The van der Waals surface area contributed by atoms with Gasteiger partial charge in [0.25, 0.3) is 0 Å². The van der Waals surface area contributed by atoms with Gasteiger partial charge in [-0.3, -0.25) is 24.0 Å². The van der Waals surface area contributed by atoms with Gasteiger partial charge in [0, 0.05) is 49.4 Å². The molecule has 6 rings (SSSR count). The van der Waals surface area contributed by atoms with Gasteiger partial charge in [0.1, 0.15) is 23.7 Å². The van der Waals surface area contributed by atoms with E-state index in [2.05, 4.69) is 6.92 Å². The number of ether oxygens (including phenoxy) is 3. The van der Waals surface area contributed by atoms with Crippen molar-refractivity contribution >= 4 is 35.4 Å². The van der Waals surface area contributed by atoms with E-state index >= 15 is 0 Å². The Morgan fingerprint density at radius 1 is 0.759 bits per heavy atom. The Balaban J connectivity index is 1.24. The summed E-state index contributed by atoms with van der Waals surface area (Å²) < 4.78 is 16.7. The summed E-state index contributed by atoms with van der Waals surface area (Å²) in [5.41, 5.74) is -2.40. The average Bonchev–Trinajstić information content (AvgIpc) is 3.18. The number of Topliss-reactive ketones (excluding diaryl/α,β-unsaturated/α-hetero) is 2. The molecule has 322 valence electrons. The molecule has 0 bridgehead atoms. The molecule has 6 aliphatic rings. The molecule has 13 nitrogen and oxygen atoms in total. The van der Waals surface area contributed by atoms with Crippen LogP contribution in [0.15, 0.2) is 23.3 Å². The summed E-state index contributed by atoms with van der Waals surface area (Å²) in [6.45, 7) is 11.3. The summed E-state index contributed by atoms with van der Waals surface area (Å²) in [6, 6.07) is 0. The maximum atomic E-state index is 14.5. The van der Waals surface area contributed by atoms with Crippen LogP contribution in [-0.2, 0) is 43.0 Å². The van der Waals surface area contributed by atoms with E-state index in [1.807, 2.05) is 20.8 Å². The van der Waals surface area contributed by atoms with Crippen molar-refractivity contribution in [3.8, 4) is 0 Å². The third kappa shape index (κ3) is 6.60. The number of carbonyl (C=O) groups is 6.